The molecule has 0 amide bonds. The molecule has 1 saturated heterocycles. The number of morpholine rings is 1. The van der Waals surface area contributed by atoms with Gasteiger partial charge >= 0.3 is 0 Å². The van der Waals surface area contributed by atoms with Crippen LogP contribution in [0.3, 0.4) is 0 Å². The van der Waals surface area contributed by atoms with Crippen molar-refractivity contribution in [2.24, 2.45) is 0 Å². The standard InChI is InChI=1S/C9H11FN2O/c10-8-1-2-9(11-7-8)12-3-5-13-6-4-12/h1-2,7H,3-6H2. The summed E-state index contributed by atoms with van der Waals surface area (Å²) in [5.74, 6) is 0.529. The first kappa shape index (κ1) is 8.44. The summed E-state index contributed by atoms with van der Waals surface area (Å²) >= 11 is 0. The zero-order valence-corrected chi connectivity index (χ0v) is 7.24. The van der Waals surface area contributed by atoms with Crippen LogP contribution in [0.4, 0.5) is 10.2 Å². The van der Waals surface area contributed by atoms with Crippen molar-refractivity contribution >= 4 is 5.82 Å². The molecular formula is C9H11FN2O. The number of pyridine rings is 1. The molecule has 0 radical (unpaired) electrons. The Balaban J connectivity index is 2.10. The largest absolute Gasteiger partial charge is 0.378 e. The monoisotopic (exact) mass is 182 g/mol. The second-order valence-corrected chi connectivity index (χ2v) is 2.93. The third-order valence-electron chi connectivity index (χ3n) is 2.05. The first-order valence-electron chi connectivity index (χ1n) is 4.30. The molecule has 2 rings (SSSR count). The van der Waals surface area contributed by atoms with Crippen LogP contribution in [0.1, 0.15) is 0 Å². The maximum atomic E-state index is 12.5. The van der Waals surface area contributed by atoms with E-state index < -0.39 is 0 Å². The molecule has 2 heterocycles. The van der Waals surface area contributed by atoms with Gasteiger partial charge in [0.1, 0.15) is 11.6 Å². The van der Waals surface area contributed by atoms with Gasteiger partial charge in [0.15, 0.2) is 0 Å². The quantitative estimate of drug-likeness (QED) is 0.649. The van der Waals surface area contributed by atoms with Crippen LogP contribution in [0.2, 0.25) is 0 Å². The van der Waals surface area contributed by atoms with Gasteiger partial charge in [-0.3, -0.25) is 0 Å². The number of hydrogen-bond donors (Lipinski definition) is 0. The SMILES string of the molecule is Fc1ccc(N2CCOCC2)nc1. The van der Waals surface area contributed by atoms with Crippen molar-refractivity contribution in [1.29, 1.82) is 0 Å². The van der Waals surface area contributed by atoms with Crippen molar-refractivity contribution in [3.63, 3.8) is 0 Å². The number of nitrogens with zero attached hydrogens (tertiary/aromatic N) is 2. The van der Waals surface area contributed by atoms with Crippen molar-refractivity contribution in [1.82, 2.24) is 4.98 Å². The van der Waals surface area contributed by atoms with Crippen molar-refractivity contribution in [3.05, 3.63) is 24.1 Å². The summed E-state index contributed by atoms with van der Waals surface area (Å²) < 4.78 is 17.7. The van der Waals surface area contributed by atoms with Crippen LogP contribution in [0, 0.1) is 5.82 Å². The van der Waals surface area contributed by atoms with Crippen molar-refractivity contribution in [3.8, 4) is 0 Å². The molecule has 1 aliphatic rings. The Morgan fingerprint density at radius 3 is 2.69 bits per heavy atom. The highest BCUT2D eigenvalue weighted by Gasteiger charge is 2.11. The number of ether oxygens (including phenoxy) is 1. The zero-order valence-electron chi connectivity index (χ0n) is 7.24. The molecule has 0 bridgehead atoms. The summed E-state index contributed by atoms with van der Waals surface area (Å²) in [7, 11) is 0. The third kappa shape index (κ3) is 1.95. The van der Waals surface area contributed by atoms with Crippen LogP contribution >= 0.6 is 0 Å². The summed E-state index contributed by atoms with van der Waals surface area (Å²) in [4.78, 5) is 6.08. The average molecular weight is 182 g/mol. The van der Waals surface area contributed by atoms with Crippen LogP contribution in [-0.2, 0) is 4.74 Å². The van der Waals surface area contributed by atoms with Crippen LogP contribution in [-0.4, -0.2) is 31.3 Å². The molecule has 0 atom stereocenters. The minimum Gasteiger partial charge on any atom is -0.378 e. The smallest absolute Gasteiger partial charge is 0.141 e. The predicted molar refractivity (Wildman–Crippen MR) is 47.2 cm³/mol. The summed E-state index contributed by atoms with van der Waals surface area (Å²) in [6, 6.07) is 3.12. The zero-order chi connectivity index (χ0) is 9.10. The molecule has 13 heavy (non-hydrogen) atoms. The van der Waals surface area contributed by atoms with Gasteiger partial charge in [0.05, 0.1) is 19.4 Å². The summed E-state index contributed by atoms with van der Waals surface area (Å²) in [5, 5.41) is 0. The van der Waals surface area contributed by atoms with Gasteiger partial charge in [0.25, 0.3) is 0 Å². The van der Waals surface area contributed by atoms with E-state index >= 15 is 0 Å². The Hall–Kier alpha value is -1.16. The molecule has 0 N–H and O–H groups in total. The van der Waals surface area contributed by atoms with E-state index in [1.165, 1.54) is 12.3 Å². The van der Waals surface area contributed by atoms with Gasteiger partial charge in [0, 0.05) is 13.1 Å². The van der Waals surface area contributed by atoms with Gasteiger partial charge in [-0.05, 0) is 12.1 Å². The minimum absolute atomic E-state index is 0.294. The average Bonchev–Trinajstić information content (AvgIpc) is 2.20. The first-order chi connectivity index (χ1) is 6.36. The van der Waals surface area contributed by atoms with E-state index in [0.717, 1.165) is 32.1 Å². The van der Waals surface area contributed by atoms with Crippen LogP contribution in [0.15, 0.2) is 18.3 Å². The lowest BCUT2D eigenvalue weighted by Gasteiger charge is -2.27. The molecule has 3 nitrogen and oxygen atoms in total. The van der Waals surface area contributed by atoms with Crippen LogP contribution in [0.5, 0.6) is 0 Å². The van der Waals surface area contributed by atoms with E-state index in [4.69, 9.17) is 4.74 Å². The number of aromatic nitrogens is 1. The van der Waals surface area contributed by atoms with Crippen molar-refractivity contribution in [2.75, 3.05) is 31.2 Å². The molecule has 1 aromatic heterocycles. The fourth-order valence-corrected chi connectivity index (χ4v) is 1.35. The van der Waals surface area contributed by atoms with E-state index in [1.807, 2.05) is 0 Å². The highest BCUT2D eigenvalue weighted by Crippen LogP contribution is 2.11. The Bertz CT molecular complexity index is 269. The Morgan fingerprint density at radius 1 is 1.31 bits per heavy atom. The lowest BCUT2D eigenvalue weighted by atomic mass is 10.4. The third-order valence-corrected chi connectivity index (χ3v) is 2.05. The second kappa shape index (κ2) is 3.70. The van der Waals surface area contributed by atoms with Crippen LogP contribution in [0.25, 0.3) is 0 Å². The number of halogens is 1. The van der Waals surface area contributed by atoms with Gasteiger partial charge < -0.3 is 9.64 Å². The van der Waals surface area contributed by atoms with E-state index in [2.05, 4.69) is 9.88 Å². The maximum absolute atomic E-state index is 12.5. The second-order valence-electron chi connectivity index (χ2n) is 2.93. The highest BCUT2D eigenvalue weighted by molar-refractivity contribution is 5.38. The molecule has 0 saturated carbocycles. The van der Waals surface area contributed by atoms with Gasteiger partial charge in [-0.25, -0.2) is 9.37 Å². The predicted octanol–water partition coefficient (Wildman–Crippen LogP) is 1.06. The van der Waals surface area contributed by atoms with Crippen molar-refractivity contribution < 1.29 is 9.13 Å². The molecular weight excluding hydrogens is 171 g/mol. The topological polar surface area (TPSA) is 25.4 Å². The Kier molecular flexibility index (Phi) is 2.40. The molecule has 4 heteroatoms. The van der Waals surface area contributed by atoms with E-state index in [9.17, 15) is 4.39 Å². The number of rotatable bonds is 1. The van der Waals surface area contributed by atoms with Gasteiger partial charge in [-0.1, -0.05) is 0 Å². The first-order valence-corrected chi connectivity index (χ1v) is 4.30. The minimum atomic E-state index is -0.294. The molecule has 0 unspecified atom stereocenters. The van der Waals surface area contributed by atoms with Crippen LogP contribution < -0.4 is 4.90 Å². The van der Waals surface area contributed by atoms with E-state index in [-0.39, 0.29) is 5.82 Å². The summed E-state index contributed by atoms with van der Waals surface area (Å²) in [5.41, 5.74) is 0. The number of hydrogen-bond acceptors (Lipinski definition) is 3. The van der Waals surface area contributed by atoms with Crippen molar-refractivity contribution in [2.45, 2.75) is 0 Å². The summed E-state index contributed by atoms with van der Waals surface area (Å²) in [6.07, 6.45) is 1.24. The molecule has 70 valence electrons. The normalized spacial score (nSPS) is 17.5. The number of anilines is 1. The summed E-state index contributed by atoms with van der Waals surface area (Å²) in [6.45, 7) is 3.11. The van der Waals surface area contributed by atoms with Gasteiger partial charge in [-0.2, -0.15) is 0 Å². The van der Waals surface area contributed by atoms with E-state index in [0.29, 0.717) is 0 Å². The highest BCUT2D eigenvalue weighted by atomic mass is 19.1. The molecule has 1 aromatic rings. The van der Waals surface area contributed by atoms with E-state index in [1.54, 1.807) is 6.07 Å². The van der Waals surface area contributed by atoms with Gasteiger partial charge in [-0.15, -0.1) is 0 Å². The molecule has 1 fully saturated rings. The fourth-order valence-electron chi connectivity index (χ4n) is 1.35. The molecule has 1 aliphatic heterocycles. The van der Waals surface area contributed by atoms with Gasteiger partial charge in [0.2, 0.25) is 0 Å². The maximum Gasteiger partial charge on any atom is 0.141 e. The molecule has 0 aliphatic carbocycles. The Labute approximate surface area is 76.1 Å². The lowest BCUT2D eigenvalue weighted by Crippen LogP contribution is -2.36. The molecule has 0 spiro atoms. The molecule has 0 aromatic carbocycles. The Morgan fingerprint density at radius 2 is 2.08 bits per heavy atom. The lowest BCUT2D eigenvalue weighted by molar-refractivity contribution is 0.122. The fraction of sp³-hybridized carbons (Fsp3) is 0.444.